The van der Waals surface area contributed by atoms with Crippen LogP contribution in [-0.2, 0) is 19.2 Å². The Hall–Kier alpha value is -4.69. The van der Waals surface area contributed by atoms with Gasteiger partial charge in [0.05, 0.1) is 17.8 Å². The van der Waals surface area contributed by atoms with Crippen molar-refractivity contribution in [3.8, 4) is 12.3 Å². The van der Waals surface area contributed by atoms with E-state index < -0.39 is 64.1 Å². The van der Waals surface area contributed by atoms with E-state index in [9.17, 15) is 33.6 Å². The van der Waals surface area contributed by atoms with Crippen LogP contribution < -0.4 is 37.0 Å². The summed E-state index contributed by atoms with van der Waals surface area (Å²) in [6.07, 6.45) is 13.5. The first-order valence-electron chi connectivity index (χ1n) is 19.8. The minimum absolute atomic E-state index is 0.0221. The predicted octanol–water partition coefficient (Wildman–Crippen LogP) is 3.06. The van der Waals surface area contributed by atoms with E-state index >= 15 is 0 Å². The van der Waals surface area contributed by atoms with Gasteiger partial charge in [-0.25, -0.2) is 4.79 Å². The summed E-state index contributed by atoms with van der Waals surface area (Å²) in [4.78, 5) is 96.8. The Morgan fingerprint density at radius 2 is 1.65 bits per heavy atom. The molecule has 5 amide bonds. The molecule has 3 aliphatic rings. The minimum Gasteiger partial charge on any atom is -0.369 e. The first-order chi connectivity index (χ1) is 26.0. The fourth-order valence-electron chi connectivity index (χ4n) is 7.87. The second-order valence-corrected chi connectivity index (χ2v) is 17.0. The number of nitrogens with zero attached hydrogens (tertiary/aromatic N) is 2. The lowest BCUT2D eigenvalue weighted by molar-refractivity contribution is -0.143. The number of rotatable bonds is 17. The van der Waals surface area contributed by atoms with Gasteiger partial charge in [0.2, 0.25) is 28.5 Å². The summed E-state index contributed by atoms with van der Waals surface area (Å²) in [5, 5.41) is 11.3. The summed E-state index contributed by atoms with van der Waals surface area (Å²) in [5.74, 6) is -0.112. The predicted molar refractivity (Wildman–Crippen MR) is 212 cm³/mol. The van der Waals surface area contributed by atoms with Crippen molar-refractivity contribution >= 4 is 35.2 Å². The van der Waals surface area contributed by atoms with Gasteiger partial charge in [0.15, 0.2) is 0 Å². The molecule has 4 rings (SSSR count). The number of anilines is 1. The number of likely N-dealkylation sites (tertiary alicyclic amines) is 1. The SMILES string of the molecule is C#CCCC(NC(=O)[C@@H]1C[C@@H](C(C)C)CN1C(=O)[C@@H](NC(=O)N[C@H](CN(C)c1c(C2CC2)c(=O)c1=O)C(C)(C)C)C1CCCCC1)C(=O)C(=O)NCC=C=C. The molecule has 5 atom stereocenters. The topological polar surface area (TPSA) is 174 Å². The van der Waals surface area contributed by atoms with Crippen LogP contribution in [0.5, 0.6) is 0 Å². The van der Waals surface area contributed by atoms with Crippen LogP contribution in [0, 0.1) is 35.5 Å². The number of nitrogens with one attached hydrogen (secondary N) is 4. The van der Waals surface area contributed by atoms with Crippen molar-refractivity contribution in [2.24, 2.45) is 23.2 Å². The molecule has 1 aromatic carbocycles. The number of ketones is 1. The van der Waals surface area contributed by atoms with E-state index in [-0.39, 0.29) is 55.5 Å². The molecule has 1 unspecified atom stereocenters. The van der Waals surface area contributed by atoms with Gasteiger partial charge in [0, 0.05) is 38.7 Å². The summed E-state index contributed by atoms with van der Waals surface area (Å²) in [7, 11) is 1.76. The van der Waals surface area contributed by atoms with Gasteiger partial charge in [-0.1, -0.05) is 60.5 Å². The highest BCUT2D eigenvalue weighted by atomic mass is 16.2. The standard InChI is InChI=1S/C42H60N6O7/c1-9-11-18-29(35(49)39(53)43-21-12-10-2)44-38(52)30-22-28(25(3)4)23-48(30)40(54)33(27-16-14-13-15-17-27)46-41(55)45-31(42(5,6)7)24-47(8)34-32(26-19-20-26)36(50)37(34)51/h1,12,25-31,33H,2,11,13-24H2,3-8H3,(H,43,53)(H,44,52)(H2,45,46,55)/t28-,29?,30+,31-,33+/m1/s1. The van der Waals surface area contributed by atoms with Crippen LogP contribution in [0.15, 0.2) is 28.0 Å². The molecule has 13 nitrogen and oxygen atoms in total. The number of likely N-dealkylation sites (N-methyl/N-ethyl adjacent to an activating group) is 1. The van der Waals surface area contributed by atoms with Crippen LogP contribution in [0.2, 0.25) is 0 Å². The highest BCUT2D eigenvalue weighted by Crippen LogP contribution is 2.42. The Morgan fingerprint density at radius 1 is 0.982 bits per heavy atom. The van der Waals surface area contributed by atoms with Crippen molar-refractivity contribution in [3.05, 3.63) is 44.4 Å². The number of amides is 5. The number of urea groups is 1. The monoisotopic (exact) mass is 760 g/mol. The van der Waals surface area contributed by atoms with Crippen LogP contribution in [0.3, 0.4) is 0 Å². The molecule has 1 heterocycles. The normalized spacial score (nSPS) is 20.4. The van der Waals surface area contributed by atoms with Gasteiger partial charge in [-0.3, -0.25) is 28.8 Å². The molecule has 13 heteroatoms. The van der Waals surface area contributed by atoms with Crippen LogP contribution in [0.1, 0.15) is 110 Å². The van der Waals surface area contributed by atoms with Crippen LogP contribution in [0.4, 0.5) is 10.5 Å². The zero-order chi connectivity index (χ0) is 40.6. The fraction of sp³-hybridized carbons (Fsp3) is 0.667. The first kappa shape index (κ1) is 43.0. The zero-order valence-corrected chi connectivity index (χ0v) is 33.4. The zero-order valence-electron chi connectivity index (χ0n) is 33.4. The maximum Gasteiger partial charge on any atom is 0.315 e. The van der Waals surface area contributed by atoms with Gasteiger partial charge in [-0.15, -0.1) is 18.1 Å². The van der Waals surface area contributed by atoms with Crippen molar-refractivity contribution in [1.29, 1.82) is 0 Å². The van der Waals surface area contributed by atoms with Gasteiger partial charge >= 0.3 is 6.03 Å². The van der Waals surface area contributed by atoms with E-state index in [0.29, 0.717) is 24.2 Å². The average Bonchev–Trinajstić information content (AvgIpc) is 3.87. The molecule has 1 saturated heterocycles. The minimum atomic E-state index is -1.19. The lowest BCUT2D eigenvalue weighted by Gasteiger charge is -2.38. The maximum atomic E-state index is 14.7. The molecule has 1 aromatic rings. The number of terminal acetylenes is 1. The molecule has 300 valence electrons. The first-order valence-corrected chi connectivity index (χ1v) is 19.8. The molecule has 2 saturated carbocycles. The smallest absolute Gasteiger partial charge is 0.315 e. The molecule has 0 bridgehead atoms. The summed E-state index contributed by atoms with van der Waals surface area (Å²) in [5.41, 5.74) is 2.16. The van der Waals surface area contributed by atoms with Crippen molar-refractivity contribution in [2.75, 3.05) is 31.6 Å². The average molecular weight is 761 g/mol. The molecular weight excluding hydrogens is 700 g/mol. The van der Waals surface area contributed by atoms with Crippen molar-refractivity contribution in [2.45, 2.75) is 129 Å². The Labute approximate surface area is 325 Å². The quantitative estimate of drug-likeness (QED) is 0.107. The van der Waals surface area contributed by atoms with Crippen LogP contribution >= 0.6 is 0 Å². The van der Waals surface area contributed by atoms with Gasteiger partial charge in [0.1, 0.15) is 12.1 Å². The summed E-state index contributed by atoms with van der Waals surface area (Å²) in [6, 6.07) is -4.05. The van der Waals surface area contributed by atoms with Crippen molar-refractivity contribution < 1.29 is 24.0 Å². The molecule has 2 aliphatic carbocycles. The highest BCUT2D eigenvalue weighted by Gasteiger charge is 2.46. The van der Waals surface area contributed by atoms with E-state index in [1.165, 1.54) is 11.0 Å². The molecule has 0 spiro atoms. The van der Waals surface area contributed by atoms with Gasteiger partial charge in [-0.05, 0) is 73.7 Å². The fourth-order valence-corrected chi connectivity index (χ4v) is 7.87. The summed E-state index contributed by atoms with van der Waals surface area (Å²) in [6.45, 7) is 14.0. The summed E-state index contributed by atoms with van der Waals surface area (Å²) >= 11 is 0. The molecule has 0 radical (unpaired) electrons. The molecule has 55 heavy (non-hydrogen) atoms. The van der Waals surface area contributed by atoms with Crippen LogP contribution in [0.25, 0.3) is 0 Å². The van der Waals surface area contributed by atoms with Crippen LogP contribution in [-0.4, -0.2) is 85.3 Å². The van der Waals surface area contributed by atoms with E-state index in [1.54, 1.807) is 11.9 Å². The Kier molecular flexibility index (Phi) is 14.7. The largest absolute Gasteiger partial charge is 0.369 e. The van der Waals surface area contributed by atoms with Gasteiger partial charge in [-0.2, -0.15) is 0 Å². The van der Waals surface area contributed by atoms with Crippen molar-refractivity contribution in [1.82, 2.24) is 26.2 Å². The van der Waals surface area contributed by atoms with E-state index in [2.05, 4.69) is 39.5 Å². The second-order valence-electron chi connectivity index (χ2n) is 17.0. The second kappa shape index (κ2) is 18.8. The van der Waals surface area contributed by atoms with Gasteiger partial charge < -0.3 is 31.1 Å². The highest BCUT2D eigenvalue weighted by molar-refractivity contribution is 6.38. The number of Topliss-reactive ketones (excluding diaryl/α,β-unsaturated/α-hetero) is 1. The molecule has 4 N–H and O–H groups in total. The number of carbonyl (C=O) groups excluding carboxylic acids is 5. The molecule has 3 fully saturated rings. The third-order valence-electron chi connectivity index (χ3n) is 11.6. The Balaban J connectivity index is 1.55. The van der Waals surface area contributed by atoms with Gasteiger partial charge in [0.25, 0.3) is 5.91 Å². The van der Waals surface area contributed by atoms with E-state index in [1.807, 2.05) is 34.6 Å². The Morgan fingerprint density at radius 3 is 2.24 bits per heavy atom. The number of hydrogen-bond donors (Lipinski definition) is 4. The molecule has 0 aromatic heterocycles. The molecule has 1 aliphatic heterocycles. The van der Waals surface area contributed by atoms with E-state index in [4.69, 9.17) is 6.42 Å². The lowest BCUT2D eigenvalue weighted by atomic mass is 9.83. The lowest BCUT2D eigenvalue weighted by Crippen LogP contribution is -2.61. The van der Waals surface area contributed by atoms with Crippen molar-refractivity contribution in [3.63, 3.8) is 0 Å². The number of hydrogen-bond acceptors (Lipinski definition) is 8. The maximum absolute atomic E-state index is 14.7. The Bertz CT molecular complexity index is 1750. The summed E-state index contributed by atoms with van der Waals surface area (Å²) < 4.78 is 0. The molecular formula is C42H60N6O7. The number of carbonyl (C=O) groups is 5. The third-order valence-corrected chi connectivity index (χ3v) is 11.6. The van der Waals surface area contributed by atoms with E-state index in [0.717, 1.165) is 44.9 Å². The third kappa shape index (κ3) is 10.8.